The first-order valence-electron chi connectivity index (χ1n) is 8.78. The van der Waals surface area contributed by atoms with Crippen LogP contribution < -0.4 is 10.1 Å². The van der Waals surface area contributed by atoms with Crippen LogP contribution in [0.5, 0.6) is 11.5 Å². The first-order chi connectivity index (χ1) is 12.5. The molecule has 1 aliphatic heterocycles. The van der Waals surface area contributed by atoms with E-state index in [1.54, 1.807) is 13.0 Å². The molecule has 8 heteroatoms. The maximum atomic E-state index is 11.7. The molecule has 1 atom stereocenters. The fourth-order valence-electron chi connectivity index (χ4n) is 2.31. The van der Waals surface area contributed by atoms with Gasteiger partial charge >= 0.3 is 0 Å². The molecule has 2 heterocycles. The number of amidine groups is 1. The number of hydrogen-bond donors (Lipinski definition) is 2. The van der Waals surface area contributed by atoms with E-state index in [1.807, 2.05) is 0 Å². The lowest BCUT2D eigenvalue weighted by Gasteiger charge is -2.21. The maximum absolute atomic E-state index is 11.7. The Hall–Kier alpha value is -2.19. The fourth-order valence-corrected chi connectivity index (χ4v) is 2.31. The van der Waals surface area contributed by atoms with Gasteiger partial charge < -0.3 is 24.6 Å². The van der Waals surface area contributed by atoms with E-state index >= 15 is 0 Å². The highest BCUT2D eigenvalue weighted by Crippen LogP contribution is 2.29. The highest BCUT2D eigenvalue weighted by molar-refractivity contribution is 6.05. The smallest absolute Gasteiger partial charge is 0.187 e. The Bertz CT molecular complexity index is 650. The molecule has 2 rings (SSSR count). The summed E-state index contributed by atoms with van der Waals surface area (Å²) in [7, 11) is 0. The molecule has 144 valence electrons. The Morgan fingerprint density at radius 1 is 1.27 bits per heavy atom. The summed E-state index contributed by atoms with van der Waals surface area (Å²) in [5.74, 6) is 0.540. The monoisotopic (exact) mass is 365 g/mol. The average Bonchev–Trinajstić information content (AvgIpc) is 3.02. The van der Waals surface area contributed by atoms with Crippen molar-refractivity contribution in [2.75, 3.05) is 39.6 Å². The van der Waals surface area contributed by atoms with Crippen molar-refractivity contribution in [1.82, 2.24) is 10.3 Å². The van der Waals surface area contributed by atoms with Gasteiger partial charge in [-0.05, 0) is 20.3 Å². The zero-order chi connectivity index (χ0) is 19.0. The molecular formula is C18H27N3O5. The largest absolute Gasteiger partial charge is 0.503 e. The van der Waals surface area contributed by atoms with Crippen molar-refractivity contribution in [3.05, 3.63) is 18.0 Å². The van der Waals surface area contributed by atoms with Gasteiger partial charge in [0.1, 0.15) is 12.1 Å². The number of aromatic hydroxyl groups is 1. The number of carbonyl (C=O) groups excluding carboxylic acids is 1. The second-order valence-corrected chi connectivity index (χ2v) is 6.26. The number of nitrogens with zero attached hydrogens (tertiary/aromatic N) is 2. The molecule has 0 spiro atoms. The number of carbonyl (C=O) groups is 1. The van der Waals surface area contributed by atoms with Crippen molar-refractivity contribution < 1.29 is 24.1 Å². The van der Waals surface area contributed by atoms with Crippen LogP contribution in [0.15, 0.2) is 17.3 Å². The Labute approximate surface area is 153 Å². The molecule has 1 aliphatic rings. The van der Waals surface area contributed by atoms with Gasteiger partial charge in [-0.25, -0.2) is 4.98 Å². The molecule has 0 amide bonds. The molecule has 0 saturated heterocycles. The van der Waals surface area contributed by atoms with Crippen LogP contribution in [0.1, 0.15) is 32.9 Å². The van der Waals surface area contributed by atoms with Gasteiger partial charge in [-0.15, -0.1) is 0 Å². The predicted molar refractivity (Wildman–Crippen MR) is 97.0 cm³/mol. The van der Waals surface area contributed by atoms with Crippen molar-refractivity contribution in [2.45, 2.75) is 32.7 Å². The van der Waals surface area contributed by atoms with Crippen LogP contribution in [0.25, 0.3) is 0 Å². The van der Waals surface area contributed by atoms with Gasteiger partial charge in [-0.2, -0.15) is 0 Å². The molecule has 1 aromatic rings. The van der Waals surface area contributed by atoms with Crippen molar-refractivity contribution in [3.8, 4) is 11.5 Å². The van der Waals surface area contributed by atoms with E-state index in [4.69, 9.17) is 14.2 Å². The third kappa shape index (κ3) is 5.15. The quantitative estimate of drug-likeness (QED) is 0.570. The van der Waals surface area contributed by atoms with Gasteiger partial charge in [0.05, 0.1) is 26.4 Å². The summed E-state index contributed by atoms with van der Waals surface area (Å²) in [6.45, 7) is 8.09. The standard InChI is InChI=1S/C18H27N3O5/c1-4-7-24-8-9-25-10-11-26-14-5-6-19-15(16(14)23)17-20-12-18(3,21-17)13(2)22/h5-6,23H,4,7-12H2,1-3H3,(H,20,21). The molecule has 0 aromatic carbocycles. The summed E-state index contributed by atoms with van der Waals surface area (Å²) < 4.78 is 16.3. The van der Waals surface area contributed by atoms with Crippen LogP contribution in [0, 0.1) is 0 Å². The van der Waals surface area contributed by atoms with Crippen LogP contribution in [0.4, 0.5) is 0 Å². The van der Waals surface area contributed by atoms with Crippen molar-refractivity contribution in [2.24, 2.45) is 4.99 Å². The van der Waals surface area contributed by atoms with Gasteiger partial charge in [-0.1, -0.05) is 6.92 Å². The number of ketones is 1. The summed E-state index contributed by atoms with van der Waals surface area (Å²) >= 11 is 0. The third-order valence-corrected chi connectivity index (χ3v) is 4.04. The van der Waals surface area contributed by atoms with Crippen LogP contribution in [0.3, 0.4) is 0 Å². The highest BCUT2D eigenvalue weighted by Gasteiger charge is 2.36. The number of aromatic nitrogens is 1. The molecule has 1 aromatic heterocycles. The number of rotatable bonds is 11. The zero-order valence-corrected chi connectivity index (χ0v) is 15.6. The summed E-state index contributed by atoms with van der Waals surface area (Å²) in [5.41, 5.74) is -0.505. The summed E-state index contributed by atoms with van der Waals surface area (Å²) in [6.07, 6.45) is 2.51. The zero-order valence-electron chi connectivity index (χ0n) is 15.6. The second-order valence-electron chi connectivity index (χ2n) is 6.26. The molecular weight excluding hydrogens is 338 g/mol. The van der Waals surface area contributed by atoms with Crippen LogP contribution >= 0.6 is 0 Å². The van der Waals surface area contributed by atoms with Gasteiger partial charge in [0, 0.05) is 18.9 Å². The summed E-state index contributed by atoms with van der Waals surface area (Å²) in [6, 6.07) is 1.57. The number of pyridine rings is 1. The van der Waals surface area contributed by atoms with Crippen LogP contribution in [-0.4, -0.2) is 66.8 Å². The topological polar surface area (TPSA) is 102 Å². The van der Waals surface area contributed by atoms with Crippen molar-refractivity contribution >= 4 is 11.6 Å². The van der Waals surface area contributed by atoms with Crippen molar-refractivity contribution in [1.29, 1.82) is 0 Å². The van der Waals surface area contributed by atoms with E-state index in [0.717, 1.165) is 13.0 Å². The lowest BCUT2D eigenvalue weighted by atomic mass is 9.99. The average molecular weight is 365 g/mol. The second kappa shape index (κ2) is 9.49. The molecule has 2 N–H and O–H groups in total. The number of hydrogen-bond acceptors (Lipinski definition) is 8. The lowest BCUT2D eigenvalue weighted by Crippen LogP contribution is -2.49. The SMILES string of the molecule is CCCOCCOCCOc1ccnc(C2=NCC(C)(C(C)=O)N2)c1O. The van der Waals surface area contributed by atoms with E-state index in [1.165, 1.54) is 13.1 Å². The minimum absolute atomic E-state index is 0.0248. The Morgan fingerprint density at radius 2 is 1.96 bits per heavy atom. The number of Topliss-reactive ketones (excluding diaryl/α,β-unsaturated/α-hetero) is 1. The molecule has 0 radical (unpaired) electrons. The molecule has 0 fully saturated rings. The number of nitrogens with one attached hydrogen (secondary N) is 1. The van der Waals surface area contributed by atoms with E-state index < -0.39 is 5.54 Å². The molecule has 1 unspecified atom stereocenters. The highest BCUT2D eigenvalue weighted by atomic mass is 16.5. The predicted octanol–water partition coefficient (Wildman–Crippen LogP) is 1.31. The van der Waals surface area contributed by atoms with E-state index in [0.29, 0.717) is 38.0 Å². The Kier molecular flexibility index (Phi) is 7.35. The Balaban J connectivity index is 1.85. The van der Waals surface area contributed by atoms with Gasteiger partial charge in [-0.3, -0.25) is 9.79 Å². The van der Waals surface area contributed by atoms with Gasteiger partial charge in [0.15, 0.2) is 28.8 Å². The van der Waals surface area contributed by atoms with Gasteiger partial charge in [0.25, 0.3) is 0 Å². The molecule has 0 saturated carbocycles. The van der Waals surface area contributed by atoms with Gasteiger partial charge in [0.2, 0.25) is 0 Å². The normalized spacial score (nSPS) is 19.1. The third-order valence-electron chi connectivity index (χ3n) is 4.04. The number of aliphatic imine (C=N–C) groups is 1. The molecule has 26 heavy (non-hydrogen) atoms. The van der Waals surface area contributed by atoms with Crippen molar-refractivity contribution in [3.63, 3.8) is 0 Å². The fraction of sp³-hybridized carbons (Fsp3) is 0.611. The first-order valence-corrected chi connectivity index (χ1v) is 8.78. The first kappa shape index (κ1) is 20.1. The van der Waals surface area contributed by atoms with E-state index in [9.17, 15) is 9.90 Å². The van der Waals surface area contributed by atoms with E-state index in [-0.39, 0.29) is 23.8 Å². The minimum atomic E-state index is -0.770. The lowest BCUT2D eigenvalue weighted by molar-refractivity contribution is -0.121. The molecule has 0 aliphatic carbocycles. The maximum Gasteiger partial charge on any atom is 0.187 e. The van der Waals surface area contributed by atoms with Crippen LogP contribution in [-0.2, 0) is 14.3 Å². The van der Waals surface area contributed by atoms with E-state index in [2.05, 4.69) is 22.2 Å². The molecule has 8 nitrogen and oxygen atoms in total. The summed E-state index contributed by atoms with van der Waals surface area (Å²) in [4.78, 5) is 20.2. The summed E-state index contributed by atoms with van der Waals surface area (Å²) in [5, 5.41) is 13.4. The minimum Gasteiger partial charge on any atom is -0.503 e. The number of ether oxygens (including phenoxy) is 3. The molecule has 0 bridgehead atoms. The Morgan fingerprint density at radius 3 is 2.62 bits per heavy atom. The van der Waals surface area contributed by atoms with Crippen LogP contribution in [0.2, 0.25) is 0 Å².